The summed E-state index contributed by atoms with van der Waals surface area (Å²) in [7, 11) is 3.46. The number of aromatic nitrogens is 2. The first-order valence-corrected chi connectivity index (χ1v) is 9.89. The first-order valence-electron chi connectivity index (χ1n) is 9.89. The van der Waals surface area contributed by atoms with E-state index < -0.39 is 0 Å². The van der Waals surface area contributed by atoms with E-state index >= 15 is 0 Å². The molecule has 0 spiro atoms. The van der Waals surface area contributed by atoms with Crippen LogP contribution in [0, 0.1) is 5.82 Å². The van der Waals surface area contributed by atoms with E-state index in [0.717, 1.165) is 29.3 Å². The number of hydrogen-bond donors (Lipinski definition) is 2. The highest BCUT2D eigenvalue weighted by Gasteiger charge is 2.20. The Morgan fingerprint density at radius 1 is 1.07 bits per heavy atom. The van der Waals surface area contributed by atoms with Crippen molar-refractivity contribution in [3.8, 4) is 11.5 Å². The van der Waals surface area contributed by atoms with E-state index in [1.165, 1.54) is 25.0 Å². The molecule has 0 amide bonds. The van der Waals surface area contributed by atoms with Gasteiger partial charge in [0.25, 0.3) is 0 Å². The molecule has 0 saturated heterocycles. The lowest BCUT2D eigenvalue weighted by Gasteiger charge is -2.17. The first-order chi connectivity index (χ1) is 14.2. The molecule has 1 saturated carbocycles. The van der Waals surface area contributed by atoms with Crippen molar-refractivity contribution in [1.82, 2.24) is 9.97 Å². The van der Waals surface area contributed by atoms with Gasteiger partial charge in [0, 0.05) is 25.0 Å². The van der Waals surface area contributed by atoms with Gasteiger partial charge in [-0.05, 0) is 49.4 Å². The van der Waals surface area contributed by atoms with Gasteiger partial charge in [-0.25, -0.2) is 9.37 Å². The molecular weight excluding hydrogens is 371 g/mol. The molecule has 7 heteroatoms. The molecule has 1 aromatic heterocycles. The van der Waals surface area contributed by atoms with Crippen molar-refractivity contribution in [3.63, 3.8) is 0 Å². The van der Waals surface area contributed by atoms with Crippen molar-refractivity contribution in [2.75, 3.05) is 24.8 Å². The predicted molar refractivity (Wildman–Crippen MR) is 112 cm³/mol. The first kappa shape index (κ1) is 19.2. The Bertz CT molecular complexity index is 988. The van der Waals surface area contributed by atoms with Gasteiger partial charge in [0.1, 0.15) is 11.6 Å². The van der Waals surface area contributed by atoms with Gasteiger partial charge < -0.3 is 20.1 Å². The van der Waals surface area contributed by atoms with E-state index in [4.69, 9.17) is 9.47 Å². The van der Waals surface area contributed by atoms with E-state index in [1.807, 2.05) is 19.2 Å². The van der Waals surface area contributed by atoms with Crippen molar-refractivity contribution < 1.29 is 13.9 Å². The van der Waals surface area contributed by atoms with Crippen LogP contribution in [-0.4, -0.2) is 30.2 Å². The van der Waals surface area contributed by atoms with Crippen LogP contribution in [0.4, 0.5) is 16.2 Å². The number of benzene rings is 2. The molecule has 3 aromatic rings. The number of nitrogens with zero attached hydrogens (tertiary/aromatic N) is 2. The number of rotatable bonds is 7. The summed E-state index contributed by atoms with van der Waals surface area (Å²) in [5.74, 6) is 2.32. The third-order valence-electron chi connectivity index (χ3n) is 5.18. The van der Waals surface area contributed by atoms with Crippen LogP contribution in [0.5, 0.6) is 11.5 Å². The molecule has 0 unspecified atom stereocenters. The third kappa shape index (κ3) is 4.34. The lowest BCUT2D eigenvalue weighted by Crippen LogP contribution is -2.12. The molecule has 29 heavy (non-hydrogen) atoms. The van der Waals surface area contributed by atoms with Gasteiger partial charge in [-0.15, -0.1) is 0 Å². The summed E-state index contributed by atoms with van der Waals surface area (Å²) in [4.78, 5) is 9.21. The highest BCUT2D eigenvalue weighted by molar-refractivity contribution is 5.92. The summed E-state index contributed by atoms with van der Waals surface area (Å²) in [6.45, 7) is 0.497. The van der Waals surface area contributed by atoms with Crippen LogP contribution in [0.25, 0.3) is 10.9 Å². The van der Waals surface area contributed by atoms with Gasteiger partial charge in [0.15, 0.2) is 11.5 Å². The summed E-state index contributed by atoms with van der Waals surface area (Å²) >= 11 is 0. The van der Waals surface area contributed by atoms with Crippen LogP contribution in [0.15, 0.2) is 36.4 Å². The average Bonchev–Trinajstić information content (AvgIpc) is 3.25. The van der Waals surface area contributed by atoms with Crippen molar-refractivity contribution in [1.29, 1.82) is 0 Å². The van der Waals surface area contributed by atoms with Crippen molar-refractivity contribution in [2.45, 2.75) is 38.3 Å². The molecule has 1 heterocycles. The molecule has 1 aliphatic carbocycles. The van der Waals surface area contributed by atoms with E-state index in [-0.39, 0.29) is 11.9 Å². The maximum atomic E-state index is 13.1. The summed E-state index contributed by atoms with van der Waals surface area (Å²) < 4.78 is 24.8. The number of nitrogens with one attached hydrogen (secondary N) is 2. The number of methoxy groups -OCH3 is 1. The van der Waals surface area contributed by atoms with Crippen molar-refractivity contribution in [3.05, 3.63) is 47.8 Å². The molecule has 1 fully saturated rings. The molecule has 6 nitrogen and oxygen atoms in total. The topological polar surface area (TPSA) is 68.3 Å². The molecule has 2 aromatic carbocycles. The molecule has 0 radical (unpaired) electrons. The van der Waals surface area contributed by atoms with Gasteiger partial charge in [-0.1, -0.05) is 12.1 Å². The second-order valence-corrected chi connectivity index (χ2v) is 7.17. The zero-order valence-corrected chi connectivity index (χ0v) is 16.7. The fraction of sp³-hybridized carbons (Fsp3) is 0.364. The summed E-state index contributed by atoms with van der Waals surface area (Å²) in [6, 6.07) is 10.2. The fourth-order valence-corrected chi connectivity index (χ4v) is 3.63. The number of ether oxygens (including phenoxy) is 2. The molecular formula is C22H25FN4O2. The van der Waals surface area contributed by atoms with E-state index in [9.17, 15) is 4.39 Å². The van der Waals surface area contributed by atoms with Gasteiger partial charge in [0.2, 0.25) is 5.95 Å². The van der Waals surface area contributed by atoms with Crippen LogP contribution < -0.4 is 20.1 Å². The number of fused-ring (bicyclic) bond motifs is 1. The van der Waals surface area contributed by atoms with Crippen LogP contribution in [0.1, 0.15) is 31.2 Å². The molecule has 152 valence electrons. The molecule has 0 bridgehead atoms. The zero-order chi connectivity index (χ0) is 20.2. The SMILES string of the molecule is CNc1nc(NCc2ccc(F)cc2)nc2cc(OC3CCCC3)c(OC)cc12. The average molecular weight is 396 g/mol. The van der Waals surface area contributed by atoms with Gasteiger partial charge in [-0.2, -0.15) is 4.98 Å². The largest absolute Gasteiger partial charge is 0.493 e. The van der Waals surface area contributed by atoms with E-state index in [2.05, 4.69) is 20.6 Å². The van der Waals surface area contributed by atoms with E-state index in [0.29, 0.717) is 29.8 Å². The Morgan fingerprint density at radius 2 is 1.83 bits per heavy atom. The maximum absolute atomic E-state index is 13.1. The Labute approximate surface area is 169 Å². The Morgan fingerprint density at radius 3 is 2.52 bits per heavy atom. The highest BCUT2D eigenvalue weighted by Crippen LogP contribution is 2.37. The summed E-state index contributed by atoms with van der Waals surface area (Å²) in [5, 5.41) is 7.19. The van der Waals surface area contributed by atoms with Crippen LogP contribution in [0.2, 0.25) is 0 Å². The lowest BCUT2D eigenvalue weighted by atomic mass is 10.2. The second-order valence-electron chi connectivity index (χ2n) is 7.17. The second kappa shape index (κ2) is 8.51. The van der Waals surface area contributed by atoms with Gasteiger partial charge in [-0.3, -0.25) is 0 Å². The minimum absolute atomic E-state index is 0.225. The minimum atomic E-state index is -0.253. The van der Waals surface area contributed by atoms with Crippen LogP contribution in [0.3, 0.4) is 0 Å². The predicted octanol–water partition coefficient (Wildman–Crippen LogP) is 4.75. The number of anilines is 2. The van der Waals surface area contributed by atoms with Gasteiger partial charge in [0.05, 0.1) is 18.7 Å². The van der Waals surface area contributed by atoms with Crippen LogP contribution >= 0.6 is 0 Å². The van der Waals surface area contributed by atoms with Crippen molar-refractivity contribution >= 4 is 22.7 Å². The minimum Gasteiger partial charge on any atom is -0.493 e. The molecule has 0 atom stereocenters. The highest BCUT2D eigenvalue weighted by atomic mass is 19.1. The maximum Gasteiger partial charge on any atom is 0.225 e. The smallest absolute Gasteiger partial charge is 0.225 e. The normalized spacial score (nSPS) is 14.2. The molecule has 1 aliphatic rings. The van der Waals surface area contributed by atoms with Crippen molar-refractivity contribution in [2.24, 2.45) is 0 Å². The third-order valence-corrected chi connectivity index (χ3v) is 5.18. The molecule has 4 rings (SSSR count). The Balaban J connectivity index is 1.64. The monoisotopic (exact) mass is 396 g/mol. The Kier molecular flexibility index (Phi) is 5.64. The number of hydrogen-bond acceptors (Lipinski definition) is 6. The molecule has 0 aliphatic heterocycles. The standard InChI is InChI=1S/C22H25FN4O2/c1-24-21-17-11-19(28-2)20(29-16-5-3-4-6-16)12-18(17)26-22(27-21)25-13-14-7-9-15(23)10-8-14/h7-12,16H,3-6,13H2,1-2H3,(H2,24,25,26,27). The Hall–Kier alpha value is -3.09. The fourth-order valence-electron chi connectivity index (χ4n) is 3.63. The zero-order valence-electron chi connectivity index (χ0n) is 16.7. The summed E-state index contributed by atoms with van der Waals surface area (Å²) in [5.41, 5.74) is 1.71. The van der Waals surface area contributed by atoms with E-state index in [1.54, 1.807) is 19.2 Å². The van der Waals surface area contributed by atoms with Crippen LogP contribution in [-0.2, 0) is 6.54 Å². The van der Waals surface area contributed by atoms with Gasteiger partial charge >= 0.3 is 0 Å². The molecule has 2 N–H and O–H groups in total. The number of halogens is 1. The quantitative estimate of drug-likeness (QED) is 0.601. The lowest BCUT2D eigenvalue weighted by molar-refractivity contribution is 0.201. The summed E-state index contributed by atoms with van der Waals surface area (Å²) in [6.07, 6.45) is 4.76.